The van der Waals surface area contributed by atoms with E-state index in [1.807, 2.05) is 0 Å². The van der Waals surface area contributed by atoms with Crippen molar-refractivity contribution in [2.45, 2.75) is 6.92 Å². The highest BCUT2D eigenvalue weighted by atomic mass is 35.5. The fourth-order valence-electron chi connectivity index (χ4n) is 3.05. The number of fused-ring (bicyclic) bond motifs is 1. The predicted molar refractivity (Wildman–Crippen MR) is 122 cm³/mol. The molecular weight excluding hydrogens is 443 g/mol. The van der Waals surface area contributed by atoms with Gasteiger partial charge in [0.05, 0.1) is 23.0 Å². The number of rotatable bonds is 6. The largest absolute Gasteiger partial charge is 0.461 e. The third-order valence-corrected chi connectivity index (χ3v) is 4.82. The lowest BCUT2D eigenvalue weighted by molar-refractivity contribution is -0.111. The Morgan fingerprint density at radius 2 is 1.77 bits per heavy atom. The second-order valence-electron chi connectivity index (χ2n) is 6.37. The van der Waals surface area contributed by atoms with Gasteiger partial charge in [0.25, 0.3) is 5.91 Å². The van der Waals surface area contributed by atoms with Crippen molar-refractivity contribution in [3.8, 4) is 0 Å². The SMILES string of the molecule is C=C(C(=O)Nc1ccccc1NC(N)=O)c1c(C(=O)OCC)[nH]c2cc(Cl)cc(Cl)c12. The number of urea groups is 1. The molecule has 0 aliphatic rings. The van der Waals surface area contributed by atoms with Gasteiger partial charge in [-0.3, -0.25) is 4.79 Å². The minimum atomic E-state index is -0.787. The van der Waals surface area contributed by atoms with Gasteiger partial charge in [0.1, 0.15) is 5.69 Å². The first kappa shape index (κ1) is 22.2. The molecule has 0 aliphatic carbocycles. The Balaban J connectivity index is 2.06. The third-order valence-electron chi connectivity index (χ3n) is 4.30. The first-order chi connectivity index (χ1) is 14.7. The van der Waals surface area contributed by atoms with Crippen molar-refractivity contribution < 1.29 is 19.1 Å². The number of nitrogens with one attached hydrogen (secondary N) is 3. The normalized spacial score (nSPS) is 10.5. The number of aromatic nitrogens is 1. The number of para-hydroxylation sites is 2. The van der Waals surface area contributed by atoms with Crippen LogP contribution in [0.5, 0.6) is 0 Å². The maximum absolute atomic E-state index is 13.0. The summed E-state index contributed by atoms with van der Waals surface area (Å²) in [7, 11) is 0. The van der Waals surface area contributed by atoms with E-state index in [-0.39, 0.29) is 28.5 Å². The van der Waals surface area contributed by atoms with Crippen LogP contribution < -0.4 is 16.4 Å². The molecule has 160 valence electrons. The molecule has 0 fully saturated rings. The summed E-state index contributed by atoms with van der Waals surface area (Å²) in [6.07, 6.45) is 0. The van der Waals surface area contributed by atoms with E-state index in [9.17, 15) is 14.4 Å². The molecular formula is C21H18Cl2N4O4. The first-order valence-electron chi connectivity index (χ1n) is 9.06. The van der Waals surface area contributed by atoms with Gasteiger partial charge in [-0.15, -0.1) is 0 Å². The van der Waals surface area contributed by atoms with E-state index in [0.717, 1.165) is 0 Å². The van der Waals surface area contributed by atoms with Crippen LogP contribution >= 0.6 is 23.2 Å². The van der Waals surface area contributed by atoms with Gasteiger partial charge in [-0.1, -0.05) is 41.9 Å². The van der Waals surface area contributed by atoms with Crippen molar-refractivity contribution in [2.75, 3.05) is 17.2 Å². The number of ether oxygens (including phenoxy) is 1. The van der Waals surface area contributed by atoms with Gasteiger partial charge < -0.3 is 26.1 Å². The Labute approximate surface area is 187 Å². The van der Waals surface area contributed by atoms with Gasteiger partial charge in [0.15, 0.2) is 0 Å². The predicted octanol–water partition coefficient (Wildman–Crippen LogP) is 4.79. The average molecular weight is 461 g/mol. The van der Waals surface area contributed by atoms with Gasteiger partial charge in [-0.2, -0.15) is 0 Å². The molecule has 2 aromatic carbocycles. The lowest BCUT2D eigenvalue weighted by Crippen LogP contribution is -2.21. The number of nitrogens with two attached hydrogens (primary N) is 1. The number of anilines is 2. The van der Waals surface area contributed by atoms with E-state index in [1.165, 1.54) is 6.07 Å². The molecule has 1 aromatic heterocycles. The Morgan fingerprint density at radius 3 is 2.39 bits per heavy atom. The zero-order chi connectivity index (χ0) is 22.7. The molecule has 3 aromatic rings. The van der Waals surface area contributed by atoms with Gasteiger partial charge in [-0.05, 0) is 31.2 Å². The number of carbonyl (C=O) groups excluding carboxylic acids is 3. The Morgan fingerprint density at radius 1 is 1.13 bits per heavy atom. The molecule has 3 rings (SSSR count). The van der Waals surface area contributed by atoms with E-state index >= 15 is 0 Å². The Hall–Kier alpha value is -3.49. The summed E-state index contributed by atoms with van der Waals surface area (Å²) in [5.41, 5.74) is 6.36. The molecule has 10 heteroatoms. The number of amides is 3. The Kier molecular flexibility index (Phi) is 6.53. The molecule has 3 amide bonds. The molecule has 0 saturated carbocycles. The zero-order valence-corrected chi connectivity index (χ0v) is 17.9. The van der Waals surface area contributed by atoms with Crippen LogP contribution in [-0.4, -0.2) is 29.5 Å². The number of H-pyrrole nitrogens is 1. The summed E-state index contributed by atoms with van der Waals surface area (Å²) in [6, 6.07) is 8.76. The number of halogens is 2. The number of carbonyl (C=O) groups is 3. The second kappa shape index (κ2) is 9.11. The van der Waals surface area contributed by atoms with Crippen LogP contribution in [0.3, 0.4) is 0 Å². The Bertz CT molecular complexity index is 1220. The fourth-order valence-corrected chi connectivity index (χ4v) is 3.64. The van der Waals surface area contributed by atoms with E-state index in [4.69, 9.17) is 33.7 Å². The summed E-state index contributed by atoms with van der Waals surface area (Å²) in [6.45, 7) is 5.65. The van der Waals surface area contributed by atoms with Gasteiger partial charge >= 0.3 is 12.0 Å². The van der Waals surface area contributed by atoms with Gasteiger partial charge in [-0.25, -0.2) is 9.59 Å². The average Bonchev–Trinajstić information content (AvgIpc) is 3.08. The third kappa shape index (κ3) is 4.65. The lowest BCUT2D eigenvalue weighted by Gasteiger charge is -2.13. The number of esters is 1. The van der Waals surface area contributed by atoms with Crippen LogP contribution in [-0.2, 0) is 9.53 Å². The molecule has 0 spiro atoms. The number of primary amides is 1. The van der Waals surface area contributed by atoms with E-state index in [1.54, 1.807) is 37.3 Å². The molecule has 0 unspecified atom stereocenters. The summed E-state index contributed by atoms with van der Waals surface area (Å²) in [5.74, 6) is -1.30. The molecule has 5 N–H and O–H groups in total. The van der Waals surface area contributed by atoms with Crippen LogP contribution in [0.15, 0.2) is 43.0 Å². The van der Waals surface area contributed by atoms with E-state index in [0.29, 0.717) is 27.3 Å². The van der Waals surface area contributed by atoms with Crippen molar-refractivity contribution in [1.29, 1.82) is 0 Å². The quantitative estimate of drug-likeness (QED) is 0.311. The topological polar surface area (TPSA) is 126 Å². The number of benzene rings is 2. The van der Waals surface area contributed by atoms with Crippen LogP contribution in [0.25, 0.3) is 16.5 Å². The lowest BCUT2D eigenvalue weighted by atomic mass is 10.0. The number of aromatic amines is 1. The molecule has 0 aliphatic heterocycles. The van der Waals surface area contributed by atoms with Crippen LogP contribution in [0.4, 0.5) is 16.2 Å². The summed E-state index contributed by atoms with van der Waals surface area (Å²) < 4.78 is 5.10. The van der Waals surface area contributed by atoms with E-state index in [2.05, 4.69) is 22.2 Å². The summed E-state index contributed by atoms with van der Waals surface area (Å²) >= 11 is 12.4. The van der Waals surface area contributed by atoms with Crippen molar-refractivity contribution in [3.63, 3.8) is 0 Å². The van der Waals surface area contributed by atoms with Gasteiger partial charge in [0.2, 0.25) is 0 Å². The van der Waals surface area contributed by atoms with Crippen molar-refractivity contribution in [1.82, 2.24) is 4.98 Å². The molecule has 0 bridgehead atoms. The highest BCUT2D eigenvalue weighted by Crippen LogP contribution is 2.36. The molecule has 31 heavy (non-hydrogen) atoms. The van der Waals surface area contributed by atoms with Crippen molar-refractivity contribution in [3.05, 3.63) is 64.3 Å². The van der Waals surface area contributed by atoms with Crippen molar-refractivity contribution in [2.24, 2.45) is 5.73 Å². The molecule has 0 atom stereocenters. The highest BCUT2D eigenvalue weighted by Gasteiger charge is 2.26. The minimum Gasteiger partial charge on any atom is -0.461 e. The summed E-state index contributed by atoms with van der Waals surface area (Å²) in [5, 5.41) is 6.06. The fraction of sp³-hybridized carbons (Fsp3) is 0.0952. The monoisotopic (exact) mass is 460 g/mol. The highest BCUT2D eigenvalue weighted by molar-refractivity contribution is 6.41. The molecule has 0 saturated heterocycles. The molecule has 8 nitrogen and oxygen atoms in total. The summed E-state index contributed by atoms with van der Waals surface area (Å²) in [4.78, 5) is 39.7. The van der Waals surface area contributed by atoms with Crippen LogP contribution in [0.2, 0.25) is 10.0 Å². The molecule has 0 radical (unpaired) electrons. The maximum Gasteiger partial charge on any atom is 0.355 e. The van der Waals surface area contributed by atoms with E-state index < -0.39 is 17.9 Å². The number of hydrogen-bond donors (Lipinski definition) is 4. The first-order valence-corrected chi connectivity index (χ1v) is 9.82. The standard InChI is InChI=1S/C21H18Cl2N4O4/c1-3-31-20(29)18-16(17-12(23)8-11(22)9-15(17)25-18)10(2)19(28)26-13-6-4-5-7-14(13)27-21(24)30/h4-9,25H,2-3H2,1H3,(H,26,28)(H3,24,27,30). The zero-order valence-electron chi connectivity index (χ0n) is 16.3. The second-order valence-corrected chi connectivity index (χ2v) is 7.22. The van der Waals surface area contributed by atoms with Gasteiger partial charge in [0, 0.05) is 27.1 Å². The van der Waals surface area contributed by atoms with Crippen molar-refractivity contribution >= 4 is 69.0 Å². The molecule has 1 heterocycles. The number of hydrogen-bond acceptors (Lipinski definition) is 4. The smallest absolute Gasteiger partial charge is 0.355 e. The van der Waals surface area contributed by atoms with Crippen LogP contribution in [0, 0.1) is 0 Å². The maximum atomic E-state index is 13.0. The van der Waals surface area contributed by atoms with Crippen LogP contribution in [0.1, 0.15) is 23.0 Å². The minimum absolute atomic E-state index is 0.0183.